The number of rotatable bonds is 5. The van der Waals surface area contributed by atoms with Gasteiger partial charge in [-0.2, -0.15) is 0 Å². The van der Waals surface area contributed by atoms with Crippen LogP contribution in [0.2, 0.25) is 0 Å². The van der Waals surface area contributed by atoms with Crippen molar-refractivity contribution in [2.45, 2.75) is 45.2 Å². The summed E-state index contributed by atoms with van der Waals surface area (Å²) in [4.78, 5) is 19.7. The molecule has 2 aromatic heterocycles. The van der Waals surface area contributed by atoms with Crippen LogP contribution < -0.4 is 0 Å². The Hall–Kier alpha value is -2.56. The lowest BCUT2D eigenvalue weighted by Crippen LogP contribution is -2.32. The van der Waals surface area contributed by atoms with E-state index in [1.165, 1.54) is 0 Å². The molecule has 1 amide bonds. The second-order valence-electron chi connectivity index (χ2n) is 6.53. The van der Waals surface area contributed by atoms with Crippen molar-refractivity contribution in [1.82, 2.24) is 14.5 Å². The average molecular weight is 337 g/mol. The van der Waals surface area contributed by atoms with Gasteiger partial charge < -0.3 is 13.9 Å². The van der Waals surface area contributed by atoms with Gasteiger partial charge in [-0.3, -0.25) is 4.79 Å². The molecule has 0 saturated carbocycles. The van der Waals surface area contributed by atoms with E-state index in [9.17, 15) is 4.79 Å². The summed E-state index contributed by atoms with van der Waals surface area (Å²) in [6.07, 6.45) is 4.80. The number of benzene rings is 1. The molecule has 1 atom stereocenters. The van der Waals surface area contributed by atoms with Crippen molar-refractivity contribution in [3.05, 3.63) is 54.2 Å². The van der Waals surface area contributed by atoms with Gasteiger partial charge in [0, 0.05) is 25.9 Å². The largest absolute Gasteiger partial charge is 0.469 e. The predicted octanol–water partition coefficient (Wildman–Crippen LogP) is 3.95. The minimum Gasteiger partial charge on any atom is -0.469 e. The Balaban J connectivity index is 1.58. The van der Waals surface area contributed by atoms with Crippen molar-refractivity contribution in [3.63, 3.8) is 0 Å². The number of fused-ring (bicyclic) bond motifs is 1. The molecule has 0 bridgehead atoms. The van der Waals surface area contributed by atoms with Gasteiger partial charge >= 0.3 is 0 Å². The van der Waals surface area contributed by atoms with E-state index in [1.54, 1.807) is 6.26 Å². The molecule has 3 aromatic rings. The highest BCUT2D eigenvalue weighted by Gasteiger charge is 2.33. The fourth-order valence-corrected chi connectivity index (χ4v) is 3.84. The van der Waals surface area contributed by atoms with Gasteiger partial charge in [0.2, 0.25) is 5.91 Å². The Morgan fingerprint density at radius 1 is 1.28 bits per heavy atom. The van der Waals surface area contributed by atoms with Crippen molar-refractivity contribution >= 4 is 16.9 Å². The Morgan fingerprint density at radius 3 is 2.96 bits per heavy atom. The smallest absolute Gasteiger partial charge is 0.223 e. The van der Waals surface area contributed by atoms with Gasteiger partial charge in [0.15, 0.2) is 0 Å². The normalized spacial score (nSPS) is 17.5. The first-order valence-electron chi connectivity index (χ1n) is 9.05. The van der Waals surface area contributed by atoms with Gasteiger partial charge in [0.25, 0.3) is 0 Å². The van der Waals surface area contributed by atoms with E-state index in [0.717, 1.165) is 48.5 Å². The Kier molecular flexibility index (Phi) is 4.30. The summed E-state index contributed by atoms with van der Waals surface area (Å²) in [5.41, 5.74) is 2.16. The maximum absolute atomic E-state index is 12.8. The predicted molar refractivity (Wildman–Crippen MR) is 96.1 cm³/mol. The standard InChI is InChI=1S/C20H23N3O2/c1-2-22-17-9-4-3-8-16(17)21-20(22)18-10-5-13-23(18)19(24)12-11-15-7-6-14-25-15/h3-4,6-9,14,18H,2,5,10-13H2,1H3/t18-/m1/s1. The molecular weight excluding hydrogens is 314 g/mol. The first-order chi connectivity index (χ1) is 12.3. The molecule has 1 aromatic carbocycles. The van der Waals surface area contributed by atoms with E-state index in [1.807, 2.05) is 35.2 Å². The van der Waals surface area contributed by atoms with Crippen LogP contribution in [0.1, 0.15) is 43.8 Å². The van der Waals surface area contributed by atoms with Crippen molar-refractivity contribution in [3.8, 4) is 0 Å². The summed E-state index contributed by atoms with van der Waals surface area (Å²) < 4.78 is 7.60. The van der Waals surface area contributed by atoms with Crippen molar-refractivity contribution in [2.24, 2.45) is 0 Å². The third-order valence-electron chi connectivity index (χ3n) is 5.04. The molecule has 5 heteroatoms. The van der Waals surface area contributed by atoms with Crippen LogP contribution in [-0.4, -0.2) is 26.9 Å². The quantitative estimate of drug-likeness (QED) is 0.708. The summed E-state index contributed by atoms with van der Waals surface area (Å²) in [6, 6.07) is 12.1. The topological polar surface area (TPSA) is 51.3 Å². The van der Waals surface area contributed by atoms with E-state index in [2.05, 4.69) is 17.6 Å². The van der Waals surface area contributed by atoms with Gasteiger partial charge in [0.1, 0.15) is 11.6 Å². The lowest BCUT2D eigenvalue weighted by Gasteiger charge is -2.25. The number of likely N-dealkylation sites (tertiary alicyclic amines) is 1. The third-order valence-corrected chi connectivity index (χ3v) is 5.04. The number of para-hydroxylation sites is 2. The highest BCUT2D eigenvalue weighted by molar-refractivity contribution is 5.78. The Bertz CT molecular complexity index is 866. The second-order valence-corrected chi connectivity index (χ2v) is 6.53. The molecule has 130 valence electrons. The van der Waals surface area contributed by atoms with Gasteiger partial charge in [-0.25, -0.2) is 4.98 Å². The molecule has 1 aliphatic heterocycles. The average Bonchev–Trinajstić information content (AvgIpc) is 3.37. The number of hydrogen-bond acceptors (Lipinski definition) is 3. The first-order valence-corrected chi connectivity index (χ1v) is 9.05. The number of carbonyl (C=O) groups is 1. The van der Waals surface area contributed by atoms with E-state index in [4.69, 9.17) is 9.40 Å². The molecule has 0 spiro atoms. The molecule has 1 saturated heterocycles. The van der Waals surface area contributed by atoms with Crippen LogP contribution in [0.3, 0.4) is 0 Å². The van der Waals surface area contributed by atoms with Crippen LogP contribution in [-0.2, 0) is 17.8 Å². The minimum absolute atomic E-state index is 0.0800. The van der Waals surface area contributed by atoms with Gasteiger partial charge in [-0.15, -0.1) is 0 Å². The molecule has 3 heterocycles. The molecule has 0 N–H and O–H groups in total. The number of imidazole rings is 1. The Labute approximate surface area is 147 Å². The zero-order valence-corrected chi connectivity index (χ0v) is 14.5. The highest BCUT2D eigenvalue weighted by Crippen LogP contribution is 2.34. The minimum atomic E-state index is 0.0800. The summed E-state index contributed by atoms with van der Waals surface area (Å²) >= 11 is 0. The number of hydrogen-bond donors (Lipinski definition) is 0. The van der Waals surface area contributed by atoms with Gasteiger partial charge in [-0.1, -0.05) is 12.1 Å². The summed E-state index contributed by atoms with van der Waals surface area (Å²) in [6.45, 7) is 3.81. The van der Waals surface area contributed by atoms with Gasteiger partial charge in [0.05, 0.1) is 23.3 Å². The van der Waals surface area contributed by atoms with Crippen LogP contribution in [0.15, 0.2) is 47.1 Å². The number of amides is 1. The zero-order chi connectivity index (χ0) is 17.2. The number of furan rings is 1. The lowest BCUT2D eigenvalue weighted by atomic mass is 10.2. The molecule has 25 heavy (non-hydrogen) atoms. The Morgan fingerprint density at radius 2 is 2.16 bits per heavy atom. The van der Waals surface area contributed by atoms with E-state index in [-0.39, 0.29) is 11.9 Å². The molecule has 0 aliphatic carbocycles. The number of carbonyl (C=O) groups excluding carboxylic acids is 1. The maximum Gasteiger partial charge on any atom is 0.223 e. The molecule has 1 aliphatic rings. The van der Waals surface area contributed by atoms with Crippen LogP contribution in [0.4, 0.5) is 0 Å². The molecule has 5 nitrogen and oxygen atoms in total. The fraction of sp³-hybridized carbons (Fsp3) is 0.400. The van der Waals surface area contributed by atoms with Gasteiger partial charge in [-0.05, 0) is 44.0 Å². The van der Waals surface area contributed by atoms with Crippen LogP contribution in [0.5, 0.6) is 0 Å². The first kappa shape index (κ1) is 15.9. The maximum atomic E-state index is 12.8. The highest BCUT2D eigenvalue weighted by atomic mass is 16.3. The summed E-state index contributed by atoms with van der Waals surface area (Å²) in [5.74, 6) is 2.08. The third kappa shape index (κ3) is 2.95. The molecule has 0 radical (unpaired) electrons. The van der Waals surface area contributed by atoms with Crippen molar-refractivity contribution < 1.29 is 9.21 Å². The fourth-order valence-electron chi connectivity index (χ4n) is 3.84. The van der Waals surface area contributed by atoms with Crippen molar-refractivity contribution in [2.75, 3.05) is 6.54 Å². The monoisotopic (exact) mass is 337 g/mol. The molecular formula is C20H23N3O2. The SMILES string of the molecule is CCn1c([C@H]2CCCN2C(=O)CCc2ccco2)nc2ccccc21. The van der Waals surface area contributed by atoms with Crippen LogP contribution in [0, 0.1) is 0 Å². The van der Waals surface area contributed by atoms with Crippen molar-refractivity contribution in [1.29, 1.82) is 0 Å². The summed E-state index contributed by atoms with van der Waals surface area (Å²) in [7, 11) is 0. The molecule has 0 unspecified atom stereocenters. The lowest BCUT2D eigenvalue weighted by molar-refractivity contribution is -0.132. The molecule has 1 fully saturated rings. The second kappa shape index (κ2) is 6.75. The van der Waals surface area contributed by atoms with Crippen LogP contribution >= 0.6 is 0 Å². The van der Waals surface area contributed by atoms with E-state index in [0.29, 0.717) is 12.8 Å². The van der Waals surface area contributed by atoms with E-state index < -0.39 is 0 Å². The molecule has 4 rings (SSSR count). The number of nitrogens with zero attached hydrogens (tertiary/aromatic N) is 3. The number of aromatic nitrogens is 2. The van der Waals surface area contributed by atoms with E-state index >= 15 is 0 Å². The zero-order valence-electron chi connectivity index (χ0n) is 14.5. The van der Waals surface area contributed by atoms with Crippen LogP contribution in [0.25, 0.3) is 11.0 Å². The number of aryl methyl sites for hydroxylation is 2. The summed E-state index contributed by atoms with van der Waals surface area (Å²) in [5, 5.41) is 0.